The lowest BCUT2D eigenvalue weighted by molar-refractivity contribution is -0.134. The largest absolute Gasteiger partial charge is 0.350 e. The number of piperidine rings is 1. The summed E-state index contributed by atoms with van der Waals surface area (Å²) in [5.74, 6) is 0.290. The number of hydrogen-bond acceptors (Lipinski definition) is 4. The minimum atomic E-state index is -0.156. The topological polar surface area (TPSA) is 38.8 Å². The van der Waals surface area contributed by atoms with Gasteiger partial charge in [-0.1, -0.05) is 29.8 Å². The zero-order chi connectivity index (χ0) is 17.2. The molecule has 1 aromatic heterocycles. The number of hydrogen-bond donors (Lipinski definition) is 0. The van der Waals surface area contributed by atoms with Gasteiger partial charge in [0.15, 0.2) is 6.29 Å². The third-order valence-corrected chi connectivity index (χ3v) is 6.39. The quantitative estimate of drug-likeness (QED) is 0.753. The van der Waals surface area contributed by atoms with E-state index in [-0.39, 0.29) is 18.1 Å². The second kappa shape index (κ2) is 7.46. The van der Waals surface area contributed by atoms with Crippen LogP contribution in [0.15, 0.2) is 30.3 Å². The lowest BCUT2D eigenvalue weighted by atomic mass is 9.97. The van der Waals surface area contributed by atoms with Crippen molar-refractivity contribution < 1.29 is 14.3 Å². The average molecular weight is 378 g/mol. The summed E-state index contributed by atoms with van der Waals surface area (Å²) in [5.41, 5.74) is 0. The fourth-order valence-corrected chi connectivity index (χ4v) is 4.87. The summed E-state index contributed by atoms with van der Waals surface area (Å²) in [6.07, 6.45) is 5.34. The third kappa shape index (κ3) is 3.60. The van der Waals surface area contributed by atoms with Crippen LogP contribution in [-0.4, -0.2) is 43.4 Å². The van der Waals surface area contributed by atoms with Crippen LogP contribution in [0.5, 0.6) is 0 Å². The minimum Gasteiger partial charge on any atom is -0.350 e. The summed E-state index contributed by atoms with van der Waals surface area (Å²) >= 11 is 8.04. The molecule has 2 fully saturated rings. The smallest absolute Gasteiger partial charge is 0.246 e. The van der Waals surface area contributed by atoms with Crippen molar-refractivity contribution in [3.8, 4) is 0 Å². The Kier molecular flexibility index (Phi) is 5.08. The third-order valence-electron chi connectivity index (χ3n) is 4.74. The maximum atomic E-state index is 12.6. The number of carbonyl (C=O) groups excluding carboxylic acids is 1. The summed E-state index contributed by atoms with van der Waals surface area (Å²) in [6, 6.07) is 8.02. The first-order valence-corrected chi connectivity index (χ1v) is 9.79. The Morgan fingerprint density at radius 2 is 2.08 bits per heavy atom. The molecule has 2 aliphatic rings. The average Bonchev–Trinajstić information content (AvgIpc) is 3.29. The van der Waals surface area contributed by atoms with Crippen molar-refractivity contribution in [1.29, 1.82) is 0 Å². The SMILES string of the molecule is O=C(/C=C/c1sc2ccccc2c1Cl)N1CCCC(C2OCCO2)C1. The molecular formula is C19H20ClNO3S. The van der Waals surface area contributed by atoms with Gasteiger partial charge in [-0.15, -0.1) is 11.3 Å². The highest BCUT2D eigenvalue weighted by Gasteiger charge is 2.32. The number of halogens is 1. The van der Waals surface area contributed by atoms with Crippen LogP contribution in [0.25, 0.3) is 16.2 Å². The van der Waals surface area contributed by atoms with Crippen LogP contribution in [0.4, 0.5) is 0 Å². The number of likely N-dealkylation sites (tertiary alicyclic amines) is 1. The molecule has 3 heterocycles. The van der Waals surface area contributed by atoms with Gasteiger partial charge in [0, 0.05) is 40.0 Å². The number of thiophene rings is 1. The highest BCUT2D eigenvalue weighted by atomic mass is 35.5. The molecule has 0 aliphatic carbocycles. The van der Waals surface area contributed by atoms with E-state index in [0.717, 1.165) is 34.3 Å². The highest BCUT2D eigenvalue weighted by Crippen LogP contribution is 2.36. The van der Waals surface area contributed by atoms with Gasteiger partial charge in [-0.25, -0.2) is 0 Å². The number of nitrogens with zero attached hydrogens (tertiary/aromatic N) is 1. The first kappa shape index (κ1) is 17.0. The van der Waals surface area contributed by atoms with Gasteiger partial charge in [-0.2, -0.15) is 0 Å². The Balaban J connectivity index is 1.45. The zero-order valence-electron chi connectivity index (χ0n) is 13.8. The van der Waals surface area contributed by atoms with E-state index in [0.29, 0.717) is 24.8 Å². The van der Waals surface area contributed by atoms with Gasteiger partial charge in [0.1, 0.15) is 0 Å². The van der Waals surface area contributed by atoms with E-state index in [1.165, 1.54) is 0 Å². The first-order valence-electron chi connectivity index (χ1n) is 8.59. The lowest BCUT2D eigenvalue weighted by Crippen LogP contribution is -2.43. The van der Waals surface area contributed by atoms with Gasteiger partial charge in [-0.3, -0.25) is 4.79 Å². The van der Waals surface area contributed by atoms with E-state index in [4.69, 9.17) is 21.1 Å². The summed E-state index contributed by atoms with van der Waals surface area (Å²) in [5, 5.41) is 1.75. The fourth-order valence-electron chi connectivity index (χ4n) is 3.47. The maximum Gasteiger partial charge on any atom is 0.246 e. The van der Waals surface area contributed by atoms with Crippen LogP contribution in [0.3, 0.4) is 0 Å². The van der Waals surface area contributed by atoms with Crippen LogP contribution < -0.4 is 0 Å². The molecule has 1 unspecified atom stereocenters. The number of ether oxygens (including phenoxy) is 2. The molecular weight excluding hydrogens is 358 g/mol. The van der Waals surface area contributed by atoms with Crippen LogP contribution in [0.1, 0.15) is 17.7 Å². The molecule has 6 heteroatoms. The van der Waals surface area contributed by atoms with Gasteiger partial charge >= 0.3 is 0 Å². The van der Waals surface area contributed by atoms with E-state index in [1.807, 2.05) is 35.2 Å². The van der Waals surface area contributed by atoms with Crippen LogP contribution in [0, 0.1) is 5.92 Å². The molecule has 0 spiro atoms. The van der Waals surface area contributed by atoms with Crippen molar-refractivity contribution in [2.75, 3.05) is 26.3 Å². The summed E-state index contributed by atoms with van der Waals surface area (Å²) in [7, 11) is 0. The molecule has 1 amide bonds. The van der Waals surface area contributed by atoms with E-state index >= 15 is 0 Å². The highest BCUT2D eigenvalue weighted by molar-refractivity contribution is 7.20. The Morgan fingerprint density at radius 3 is 2.88 bits per heavy atom. The lowest BCUT2D eigenvalue weighted by Gasteiger charge is -2.34. The molecule has 1 atom stereocenters. The molecule has 25 heavy (non-hydrogen) atoms. The van der Waals surface area contributed by atoms with Gasteiger partial charge in [0.05, 0.1) is 18.2 Å². The Bertz CT molecular complexity index is 797. The molecule has 0 bridgehead atoms. The fraction of sp³-hybridized carbons (Fsp3) is 0.421. The monoisotopic (exact) mass is 377 g/mol. The van der Waals surface area contributed by atoms with Gasteiger partial charge in [0.25, 0.3) is 0 Å². The van der Waals surface area contributed by atoms with Crippen molar-refractivity contribution in [1.82, 2.24) is 4.90 Å². The molecule has 0 N–H and O–H groups in total. The minimum absolute atomic E-state index is 0.0243. The molecule has 4 nitrogen and oxygen atoms in total. The Labute approximate surface area is 156 Å². The molecule has 2 aliphatic heterocycles. The number of carbonyl (C=O) groups is 1. The number of amides is 1. The van der Waals surface area contributed by atoms with Gasteiger partial charge in [-0.05, 0) is 25.0 Å². The summed E-state index contributed by atoms with van der Waals surface area (Å²) in [6.45, 7) is 2.78. The first-order chi connectivity index (χ1) is 12.2. The zero-order valence-corrected chi connectivity index (χ0v) is 15.4. The van der Waals surface area contributed by atoms with Crippen molar-refractivity contribution in [3.63, 3.8) is 0 Å². The van der Waals surface area contributed by atoms with Crippen LogP contribution in [-0.2, 0) is 14.3 Å². The second-order valence-corrected chi connectivity index (χ2v) is 7.87. The van der Waals surface area contributed by atoms with E-state index in [9.17, 15) is 4.79 Å². The summed E-state index contributed by atoms with van der Waals surface area (Å²) in [4.78, 5) is 15.4. The van der Waals surface area contributed by atoms with Crippen molar-refractivity contribution in [3.05, 3.63) is 40.2 Å². The Hall–Kier alpha value is -1.40. The van der Waals surface area contributed by atoms with Crippen LogP contribution in [0.2, 0.25) is 5.02 Å². The van der Waals surface area contributed by atoms with Crippen molar-refractivity contribution in [2.24, 2.45) is 5.92 Å². The number of rotatable bonds is 3. The standard InChI is InChI=1S/C19H20ClNO3S/c20-18-14-5-1-2-6-15(14)25-16(18)7-8-17(22)21-9-3-4-13(12-21)19-23-10-11-24-19/h1-2,5-8,13,19H,3-4,9-12H2/b8-7+. The van der Waals surface area contributed by atoms with Crippen molar-refractivity contribution >= 4 is 45.0 Å². The molecule has 2 aromatic rings. The summed E-state index contributed by atoms with van der Waals surface area (Å²) < 4.78 is 12.3. The van der Waals surface area contributed by atoms with Gasteiger partial charge < -0.3 is 14.4 Å². The molecule has 132 valence electrons. The van der Waals surface area contributed by atoms with Crippen molar-refractivity contribution in [2.45, 2.75) is 19.1 Å². The van der Waals surface area contributed by atoms with Crippen LogP contribution >= 0.6 is 22.9 Å². The number of fused-ring (bicyclic) bond motifs is 1. The van der Waals surface area contributed by atoms with E-state index < -0.39 is 0 Å². The molecule has 4 rings (SSSR count). The molecule has 0 radical (unpaired) electrons. The normalized spacial score (nSPS) is 22.3. The van der Waals surface area contributed by atoms with E-state index in [1.54, 1.807) is 17.4 Å². The van der Waals surface area contributed by atoms with E-state index in [2.05, 4.69) is 0 Å². The molecule has 2 saturated heterocycles. The number of benzene rings is 1. The van der Waals surface area contributed by atoms with Gasteiger partial charge in [0.2, 0.25) is 5.91 Å². The predicted molar refractivity (Wildman–Crippen MR) is 101 cm³/mol. The Morgan fingerprint density at radius 1 is 1.28 bits per heavy atom. The predicted octanol–water partition coefficient (Wildman–Crippen LogP) is 4.18. The molecule has 0 saturated carbocycles. The maximum absolute atomic E-state index is 12.6. The molecule has 1 aromatic carbocycles. The second-order valence-electron chi connectivity index (χ2n) is 6.41.